The van der Waals surface area contributed by atoms with Crippen LogP contribution in [-0.4, -0.2) is 28.1 Å². The molecule has 1 amide bonds. The van der Waals surface area contributed by atoms with Gasteiger partial charge in [0.2, 0.25) is 0 Å². The SMILES string of the molecule is CNc1n[nH]c(C#Cc2cc3ncc(C(F)F)cc3cc2F)c1C(N)=O. The second kappa shape index (κ2) is 6.76. The monoisotopic (exact) mass is 359 g/mol. The summed E-state index contributed by atoms with van der Waals surface area (Å²) in [5, 5.41) is 9.32. The highest BCUT2D eigenvalue weighted by molar-refractivity contribution is 5.99. The van der Waals surface area contributed by atoms with Crippen molar-refractivity contribution in [2.75, 3.05) is 12.4 Å². The molecule has 2 heterocycles. The van der Waals surface area contributed by atoms with E-state index in [9.17, 15) is 18.0 Å². The first-order chi connectivity index (χ1) is 12.4. The number of alkyl halides is 2. The number of anilines is 1. The first kappa shape index (κ1) is 17.3. The quantitative estimate of drug-likeness (QED) is 0.626. The van der Waals surface area contributed by atoms with Crippen LogP contribution in [0.3, 0.4) is 0 Å². The van der Waals surface area contributed by atoms with Gasteiger partial charge in [0.15, 0.2) is 5.82 Å². The third kappa shape index (κ3) is 3.17. The van der Waals surface area contributed by atoms with Gasteiger partial charge in [0.25, 0.3) is 12.3 Å². The van der Waals surface area contributed by atoms with Gasteiger partial charge in [-0.2, -0.15) is 5.10 Å². The number of aromatic nitrogens is 3. The Labute approximate surface area is 145 Å². The van der Waals surface area contributed by atoms with Gasteiger partial charge >= 0.3 is 0 Å². The van der Waals surface area contributed by atoms with E-state index >= 15 is 0 Å². The minimum Gasteiger partial charge on any atom is -0.371 e. The highest BCUT2D eigenvalue weighted by Gasteiger charge is 2.16. The van der Waals surface area contributed by atoms with Gasteiger partial charge in [0.1, 0.15) is 17.1 Å². The standard InChI is InChI=1S/C17H12F3N5O/c1-22-17-14(16(21)26)12(24-25-17)3-2-8-6-13-9(5-11(8)18)4-10(7-23-13)15(19)20/h4-7,15H,1H3,(H2,21,26)(H2,22,24,25). The molecule has 0 bridgehead atoms. The number of nitrogens with one attached hydrogen (secondary N) is 2. The lowest BCUT2D eigenvalue weighted by atomic mass is 10.1. The van der Waals surface area contributed by atoms with Gasteiger partial charge in [0.05, 0.1) is 11.1 Å². The number of nitrogens with zero attached hydrogens (tertiary/aromatic N) is 2. The molecule has 3 aromatic rings. The Morgan fingerprint density at radius 2 is 2.08 bits per heavy atom. The lowest BCUT2D eigenvalue weighted by molar-refractivity contribution is 0.100. The van der Waals surface area contributed by atoms with Crippen LogP contribution in [0, 0.1) is 17.7 Å². The molecule has 0 spiro atoms. The number of H-pyrrole nitrogens is 1. The minimum atomic E-state index is -2.69. The van der Waals surface area contributed by atoms with Crippen molar-refractivity contribution in [1.82, 2.24) is 15.2 Å². The predicted octanol–water partition coefficient (Wildman–Crippen LogP) is 2.58. The van der Waals surface area contributed by atoms with Crippen molar-refractivity contribution in [3.63, 3.8) is 0 Å². The summed E-state index contributed by atoms with van der Waals surface area (Å²) in [6, 6.07) is 3.60. The molecule has 0 saturated carbocycles. The van der Waals surface area contributed by atoms with E-state index < -0.39 is 18.1 Å². The molecule has 0 radical (unpaired) electrons. The number of nitrogens with two attached hydrogens (primary N) is 1. The molecule has 0 aliphatic heterocycles. The highest BCUT2D eigenvalue weighted by Crippen LogP contribution is 2.24. The highest BCUT2D eigenvalue weighted by atomic mass is 19.3. The molecule has 0 aliphatic carbocycles. The molecule has 0 fully saturated rings. The molecule has 0 aliphatic rings. The van der Waals surface area contributed by atoms with E-state index in [1.165, 1.54) is 12.1 Å². The van der Waals surface area contributed by atoms with Crippen molar-refractivity contribution >= 4 is 22.6 Å². The Bertz CT molecular complexity index is 1070. The molecular formula is C17H12F3N5O. The number of carbonyl (C=O) groups excluding carboxylic acids is 1. The number of hydrogen-bond acceptors (Lipinski definition) is 4. The van der Waals surface area contributed by atoms with Crippen LogP contribution in [-0.2, 0) is 0 Å². The Kier molecular flexibility index (Phi) is 4.49. The van der Waals surface area contributed by atoms with Crippen LogP contribution in [0.25, 0.3) is 10.9 Å². The van der Waals surface area contributed by atoms with Crippen LogP contribution in [0.15, 0.2) is 24.4 Å². The number of carbonyl (C=O) groups is 1. The first-order valence-corrected chi connectivity index (χ1v) is 7.36. The molecule has 2 aromatic heterocycles. The van der Waals surface area contributed by atoms with E-state index in [-0.39, 0.29) is 33.6 Å². The van der Waals surface area contributed by atoms with Gasteiger partial charge in [-0.1, -0.05) is 5.92 Å². The van der Waals surface area contributed by atoms with Crippen molar-refractivity contribution in [3.8, 4) is 11.8 Å². The second-order valence-corrected chi connectivity index (χ2v) is 5.28. The summed E-state index contributed by atoms with van der Waals surface area (Å²) in [5.74, 6) is 3.95. The molecular weight excluding hydrogens is 347 g/mol. The van der Waals surface area contributed by atoms with E-state index in [2.05, 4.69) is 32.3 Å². The van der Waals surface area contributed by atoms with E-state index in [0.29, 0.717) is 5.52 Å². The van der Waals surface area contributed by atoms with Gasteiger partial charge in [0, 0.05) is 24.2 Å². The number of aromatic amines is 1. The van der Waals surface area contributed by atoms with Crippen molar-refractivity contribution in [2.45, 2.75) is 6.43 Å². The number of amides is 1. The number of benzene rings is 1. The van der Waals surface area contributed by atoms with Crippen LogP contribution in [0.5, 0.6) is 0 Å². The summed E-state index contributed by atoms with van der Waals surface area (Å²) in [7, 11) is 1.56. The number of primary amides is 1. The molecule has 6 nitrogen and oxygen atoms in total. The number of fused-ring (bicyclic) bond motifs is 1. The summed E-state index contributed by atoms with van der Waals surface area (Å²) in [5.41, 5.74) is 5.49. The van der Waals surface area contributed by atoms with Crippen molar-refractivity contribution in [1.29, 1.82) is 0 Å². The molecule has 0 saturated heterocycles. The predicted molar refractivity (Wildman–Crippen MR) is 89.3 cm³/mol. The fraction of sp³-hybridized carbons (Fsp3) is 0.118. The summed E-state index contributed by atoms with van der Waals surface area (Å²) in [4.78, 5) is 15.4. The lowest BCUT2D eigenvalue weighted by Crippen LogP contribution is -2.13. The van der Waals surface area contributed by atoms with E-state index in [1.807, 2.05) is 0 Å². The zero-order valence-electron chi connectivity index (χ0n) is 13.4. The number of halogens is 3. The summed E-state index contributed by atoms with van der Waals surface area (Å²) < 4.78 is 39.7. The largest absolute Gasteiger partial charge is 0.371 e. The maximum atomic E-state index is 14.2. The average Bonchev–Trinajstić information content (AvgIpc) is 3.02. The number of pyridine rings is 1. The Hall–Kier alpha value is -3.54. The van der Waals surface area contributed by atoms with Gasteiger partial charge < -0.3 is 11.1 Å². The molecule has 0 atom stereocenters. The van der Waals surface area contributed by atoms with E-state index in [4.69, 9.17) is 5.73 Å². The summed E-state index contributed by atoms with van der Waals surface area (Å²) >= 11 is 0. The third-order valence-electron chi connectivity index (χ3n) is 3.61. The topological polar surface area (TPSA) is 96.7 Å². The average molecular weight is 359 g/mol. The minimum absolute atomic E-state index is 0.00850. The van der Waals surface area contributed by atoms with Gasteiger partial charge in [-0.15, -0.1) is 0 Å². The van der Waals surface area contributed by atoms with Gasteiger partial charge in [-0.3, -0.25) is 14.9 Å². The molecule has 9 heteroatoms. The normalized spacial score (nSPS) is 10.7. The third-order valence-corrected chi connectivity index (χ3v) is 3.61. The molecule has 132 valence electrons. The van der Waals surface area contributed by atoms with Gasteiger partial charge in [-0.25, -0.2) is 13.2 Å². The van der Waals surface area contributed by atoms with Crippen molar-refractivity contribution < 1.29 is 18.0 Å². The second-order valence-electron chi connectivity index (χ2n) is 5.28. The van der Waals surface area contributed by atoms with Crippen LogP contribution in [0.1, 0.15) is 33.6 Å². The van der Waals surface area contributed by atoms with Gasteiger partial charge in [-0.05, 0) is 24.1 Å². The van der Waals surface area contributed by atoms with E-state index in [0.717, 1.165) is 12.3 Å². The summed E-state index contributed by atoms with van der Waals surface area (Å²) in [6.07, 6.45) is -1.66. The summed E-state index contributed by atoms with van der Waals surface area (Å²) in [6.45, 7) is 0. The Morgan fingerprint density at radius 3 is 2.73 bits per heavy atom. The van der Waals surface area contributed by atoms with Crippen molar-refractivity contribution in [3.05, 3.63) is 52.6 Å². The maximum absolute atomic E-state index is 14.2. The maximum Gasteiger partial charge on any atom is 0.265 e. The zero-order valence-corrected chi connectivity index (χ0v) is 13.4. The van der Waals surface area contributed by atoms with Crippen LogP contribution >= 0.6 is 0 Å². The lowest BCUT2D eigenvalue weighted by Gasteiger charge is -2.03. The van der Waals surface area contributed by atoms with Crippen molar-refractivity contribution in [2.24, 2.45) is 5.73 Å². The number of rotatable bonds is 3. The fourth-order valence-corrected chi connectivity index (χ4v) is 2.36. The van der Waals surface area contributed by atoms with Crippen LogP contribution in [0.4, 0.5) is 19.0 Å². The molecule has 1 aromatic carbocycles. The smallest absolute Gasteiger partial charge is 0.265 e. The molecule has 26 heavy (non-hydrogen) atoms. The van der Waals surface area contributed by atoms with E-state index in [1.54, 1.807) is 7.05 Å². The molecule has 3 rings (SSSR count). The first-order valence-electron chi connectivity index (χ1n) is 7.36. The Morgan fingerprint density at radius 1 is 1.31 bits per heavy atom. The van der Waals surface area contributed by atoms with Crippen LogP contribution in [0.2, 0.25) is 0 Å². The van der Waals surface area contributed by atoms with Crippen LogP contribution < -0.4 is 11.1 Å². The zero-order chi connectivity index (χ0) is 18.8. The molecule has 0 unspecified atom stereocenters. The number of hydrogen-bond donors (Lipinski definition) is 3. The Balaban J connectivity index is 2.04. The fourth-order valence-electron chi connectivity index (χ4n) is 2.36. The molecule has 4 N–H and O–H groups in total.